The predicted octanol–water partition coefficient (Wildman–Crippen LogP) is 7.52. The maximum absolute atomic E-state index is 13.1. The number of benzene rings is 2. The first-order valence-corrected chi connectivity index (χ1v) is 15.8. The zero-order valence-electron chi connectivity index (χ0n) is 26.9. The van der Waals surface area contributed by atoms with E-state index in [-0.39, 0.29) is 24.0 Å². The van der Waals surface area contributed by atoms with E-state index < -0.39 is 17.2 Å². The standard InChI is InChI=1S/C36H44N4O5/c1-35(2,3)45-33(42)39-36(4,5)27-15-13-26(14-16-27)32-30(25-9-7-6-8-10-25)22-28(23-37-32)38-31(41)21-24-11-17-29(18-12-24)40-19-20-44-34(40)43/h6-10,13-16,22-24,29H,11-12,17-21H2,1-5H3,(H,38,41)(H,39,42). The lowest BCUT2D eigenvalue weighted by molar-refractivity contribution is -0.117. The molecular formula is C36H44N4O5. The second-order valence-corrected chi connectivity index (χ2v) is 13.6. The van der Waals surface area contributed by atoms with Gasteiger partial charge in [-0.1, -0.05) is 54.6 Å². The smallest absolute Gasteiger partial charge is 0.410 e. The van der Waals surface area contributed by atoms with E-state index in [1.54, 1.807) is 6.20 Å². The first-order valence-electron chi connectivity index (χ1n) is 15.8. The van der Waals surface area contributed by atoms with E-state index in [1.807, 2.05) is 100 Å². The molecule has 3 aromatic rings. The lowest BCUT2D eigenvalue weighted by Crippen LogP contribution is -2.43. The number of pyridine rings is 1. The van der Waals surface area contributed by atoms with E-state index in [0.717, 1.165) is 53.6 Å². The zero-order chi connectivity index (χ0) is 32.2. The molecule has 1 aliphatic heterocycles. The lowest BCUT2D eigenvalue weighted by atomic mass is 9.83. The third-order valence-electron chi connectivity index (χ3n) is 8.47. The minimum atomic E-state index is -0.649. The van der Waals surface area contributed by atoms with Crippen LogP contribution in [0.1, 0.15) is 72.3 Å². The Hall–Kier alpha value is -4.40. The minimum absolute atomic E-state index is 0.0309. The number of aromatic nitrogens is 1. The van der Waals surface area contributed by atoms with Crippen LogP contribution < -0.4 is 10.6 Å². The number of hydrogen-bond acceptors (Lipinski definition) is 6. The molecule has 2 N–H and O–H groups in total. The average Bonchev–Trinajstić information content (AvgIpc) is 3.42. The Morgan fingerprint density at radius 1 is 0.956 bits per heavy atom. The Bertz CT molecular complexity index is 1510. The highest BCUT2D eigenvalue weighted by Crippen LogP contribution is 2.35. The lowest BCUT2D eigenvalue weighted by Gasteiger charge is -2.32. The minimum Gasteiger partial charge on any atom is -0.448 e. The highest BCUT2D eigenvalue weighted by Gasteiger charge is 2.33. The number of carbonyl (C=O) groups is 3. The Morgan fingerprint density at radius 2 is 1.64 bits per heavy atom. The van der Waals surface area contributed by atoms with Gasteiger partial charge >= 0.3 is 12.2 Å². The second-order valence-electron chi connectivity index (χ2n) is 13.6. The molecule has 0 spiro atoms. The van der Waals surface area contributed by atoms with Crippen molar-refractivity contribution in [3.8, 4) is 22.4 Å². The van der Waals surface area contributed by atoms with Crippen molar-refractivity contribution in [2.45, 2.75) is 83.9 Å². The number of ether oxygens (including phenoxy) is 2. The summed E-state index contributed by atoms with van der Waals surface area (Å²) < 4.78 is 10.6. The van der Waals surface area contributed by atoms with Crippen molar-refractivity contribution in [2.24, 2.45) is 5.92 Å². The number of cyclic esters (lactones) is 1. The molecular weight excluding hydrogens is 568 g/mol. The molecule has 1 aliphatic carbocycles. The largest absolute Gasteiger partial charge is 0.448 e. The summed E-state index contributed by atoms with van der Waals surface area (Å²) in [7, 11) is 0. The Morgan fingerprint density at radius 3 is 2.27 bits per heavy atom. The van der Waals surface area contributed by atoms with Gasteiger partial charge in [-0.25, -0.2) is 9.59 Å². The normalized spacial score (nSPS) is 18.7. The second kappa shape index (κ2) is 13.3. The molecule has 1 saturated heterocycles. The maximum Gasteiger partial charge on any atom is 0.410 e. The number of hydrogen-bond donors (Lipinski definition) is 2. The summed E-state index contributed by atoms with van der Waals surface area (Å²) in [5.41, 5.74) is 3.96. The number of amides is 3. The van der Waals surface area contributed by atoms with E-state index in [9.17, 15) is 14.4 Å². The quantitative estimate of drug-likeness (QED) is 0.272. The van der Waals surface area contributed by atoms with Gasteiger partial charge in [0.25, 0.3) is 0 Å². The van der Waals surface area contributed by atoms with Crippen molar-refractivity contribution in [2.75, 3.05) is 18.5 Å². The van der Waals surface area contributed by atoms with Crippen LogP contribution in [0.15, 0.2) is 66.9 Å². The highest BCUT2D eigenvalue weighted by atomic mass is 16.6. The summed E-state index contributed by atoms with van der Waals surface area (Å²) in [4.78, 5) is 44.1. The van der Waals surface area contributed by atoms with Crippen LogP contribution in [-0.4, -0.2) is 52.8 Å². The van der Waals surface area contributed by atoms with Crippen molar-refractivity contribution in [1.29, 1.82) is 0 Å². The van der Waals surface area contributed by atoms with Crippen LogP contribution in [0.2, 0.25) is 0 Å². The molecule has 3 amide bonds. The SMILES string of the molecule is CC(C)(C)OC(=O)NC(C)(C)c1ccc(-c2ncc(NC(=O)CC3CCC(N4CCOC4=O)CC3)cc2-c2ccccc2)cc1. The van der Waals surface area contributed by atoms with Gasteiger partial charge in [-0.05, 0) is 83.4 Å². The fraction of sp³-hybridized carbons (Fsp3) is 0.444. The van der Waals surface area contributed by atoms with Crippen LogP contribution in [0.25, 0.3) is 22.4 Å². The van der Waals surface area contributed by atoms with Crippen molar-refractivity contribution in [3.63, 3.8) is 0 Å². The first-order chi connectivity index (χ1) is 21.4. The summed E-state index contributed by atoms with van der Waals surface area (Å²) >= 11 is 0. The summed E-state index contributed by atoms with van der Waals surface area (Å²) in [6.07, 6.45) is 5.08. The molecule has 9 nitrogen and oxygen atoms in total. The van der Waals surface area contributed by atoms with Crippen molar-refractivity contribution in [1.82, 2.24) is 15.2 Å². The summed E-state index contributed by atoms with van der Waals surface area (Å²) in [6.45, 7) is 10.5. The molecule has 5 rings (SSSR count). The van der Waals surface area contributed by atoms with E-state index in [2.05, 4.69) is 10.6 Å². The third kappa shape index (κ3) is 8.21. The highest BCUT2D eigenvalue weighted by molar-refractivity contribution is 5.93. The number of nitrogens with zero attached hydrogens (tertiary/aromatic N) is 2. The molecule has 2 aliphatic rings. The topological polar surface area (TPSA) is 110 Å². The Kier molecular flexibility index (Phi) is 9.46. The van der Waals surface area contributed by atoms with Crippen LogP contribution in [0.5, 0.6) is 0 Å². The molecule has 2 aromatic carbocycles. The molecule has 0 bridgehead atoms. The fourth-order valence-electron chi connectivity index (χ4n) is 6.15. The fourth-order valence-corrected chi connectivity index (χ4v) is 6.15. The van der Waals surface area contributed by atoms with Crippen LogP contribution in [0, 0.1) is 5.92 Å². The van der Waals surface area contributed by atoms with Gasteiger partial charge in [0.2, 0.25) is 5.91 Å². The van der Waals surface area contributed by atoms with Crippen molar-refractivity contribution >= 4 is 23.8 Å². The monoisotopic (exact) mass is 612 g/mol. The Balaban J connectivity index is 1.28. The third-order valence-corrected chi connectivity index (χ3v) is 8.47. The van der Waals surface area contributed by atoms with Crippen LogP contribution in [0.3, 0.4) is 0 Å². The molecule has 0 radical (unpaired) electrons. The van der Waals surface area contributed by atoms with Crippen LogP contribution in [0.4, 0.5) is 15.3 Å². The summed E-state index contributed by atoms with van der Waals surface area (Å²) in [6, 6.07) is 20.2. The summed E-state index contributed by atoms with van der Waals surface area (Å²) in [5, 5.41) is 6.04. The van der Waals surface area contributed by atoms with Gasteiger partial charge in [0, 0.05) is 23.6 Å². The van der Waals surface area contributed by atoms with Gasteiger partial charge < -0.3 is 25.0 Å². The van der Waals surface area contributed by atoms with E-state index in [4.69, 9.17) is 14.5 Å². The number of carbonyl (C=O) groups excluding carboxylic acids is 3. The van der Waals surface area contributed by atoms with Crippen LogP contribution >= 0.6 is 0 Å². The molecule has 2 heterocycles. The number of anilines is 1. The van der Waals surface area contributed by atoms with Gasteiger partial charge in [-0.15, -0.1) is 0 Å². The average molecular weight is 613 g/mol. The predicted molar refractivity (Wildman–Crippen MR) is 175 cm³/mol. The zero-order valence-corrected chi connectivity index (χ0v) is 26.9. The molecule has 238 valence electrons. The summed E-state index contributed by atoms with van der Waals surface area (Å²) in [5.74, 6) is 0.255. The molecule has 2 fully saturated rings. The first kappa shape index (κ1) is 32.0. The van der Waals surface area contributed by atoms with Gasteiger partial charge in [-0.2, -0.15) is 0 Å². The number of nitrogens with one attached hydrogen (secondary N) is 2. The van der Waals surface area contributed by atoms with Gasteiger partial charge in [0.1, 0.15) is 12.2 Å². The Labute approximate surface area is 265 Å². The van der Waals surface area contributed by atoms with Crippen LogP contribution in [-0.2, 0) is 19.8 Å². The molecule has 1 saturated carbocycles. The molecule has 9 heteroatoms. The number of alkyl carbamates (subject to hydrolysis) is 1. The van der Waals surface area contributed by atoms with Gasteiger partial charge in [-0.3, -0.25) is 9.78 Å². The van der Waals surface area contributed by atoms with E-state index in [1.165, 1.54) is 0 Å². The van der Waals surface area contributed by atoms with E-state index >= 15 is 0 Å². The molecule has 0 atom stereocenters. The van der Waals surface area contributed by atoms with Gasteiger partial charge in [0.15, 0.2) is 0 Å². The van der Waals surface area contributed by atoms with E-state index in [0.29, 0.717) is 25.3 Å². The van der Waals surface area contributed by atoms with Crippen molar-refractivity contribution < 1.29 is 23.9 Å². The molecule has 0 unspecified atom stereocenters. The van der Waals surface area contributed by atoms with Gasteiger partial charge in [0.05, 0.1) is 29.7 Å². The number of rotatable bonds is 8. The molecule has 1 aromatic heterocycles. The maximum atomic E-state index is 13.1. The molecule has 45 heavy (non-hydrogen) atoms. The van der Waals surface area contributed by atoms with Crippen molar-refractivity contribution in [3.05, 3.63) is 72.4 Å².